The van der Waals surface area contributed by atoms with Crippen molar-refractivity contribution < 1.29 is 13.2 Å². The van der Waals surface area contributed by atoms with E-state index in [0.717, 1.165) is 5.56 Å². The lowest BCUT2D eigenvalue weighted by molar-refractivity contribution is 0.0915. The molecule has 1 aromatic rings. The molecule has 1 heterocycles. The number of carbonyl (C=O) groups is 1. The van der Waals surface area contributed by atoms with Gasteiger partial charge in [0.15, 0.2) is 9.84 Å². The molecule has 7 heteroatoms. The number of carbonyl (C=O) groups excluding carboxylic acids is 1. The number of nitrogens with one attached hydrogen (secondary N) is 1. The molecular formula is C16H25N3O3S. The molecule has 1 fully saturated rings. The van der Waals surface area contributed by atoms with E-state index in [1.54, 1.807) is 6.07 Å². The van der Waals surface area contributed by atoms with E-state index in [-0.39, 0.29) is 17.4 Å². The number of benzene rings is 1. The summed E-state index contributed by atoms with van der Waals surface area (Å²) in [5, 5.41) is 2.91. The average Bonchev–Trinajstić information content (AvgIpc) is 2.49. The van der Waals surface area contributed by atoms with Crippen LogP contribution in [0.4, 0.5) is 0 Å². The zero-order valence-corrected chi connectivity index (χ0v) is 14.5. The van der Waals surface area contributed by atoms with Gasteiger partial charge in [-0.15, -0.1) is 0 Å². The highest BCUT2D eigenvalue weighted by Gasteiger charge is 2.22. The smallest absolute Gasteiger partial charge is 0.251 e. The van der Waals surface area contributed by atoms with Crippen LogP contribution in [-0.2, 0) is 16.4 Å². The Morgan fingerprint density at radius 1 is 1.30 bits per heavy atom. The molecule has 3 N–H and O–H groups in total. The first-order valence-electron chi connectivity index (χ1n) is 7.75. The molecule has 1 amide bonds. The van der Waals surface area contributed by atoms with Gasteiger partial charge >= 0.3 is 0 Å². The Bertz CT molecular complexity index is 657. The number of hydrogen-bond acceptors (Lipinski definition) is 5. The molecule has 0 aromatic heterocycles. The zero-order valence-electron chi connectivity index (χ0n) is 13.7. The topological polar surface area (TPSA) is 92.5 Å². The molecule has 0 bridgehead atoms. The Hall–Kier alpha value is -1.44. The highest BCUT2D eigenvalue weighted by Crippen LogP contribution is 2.12. The number of hydrogen-bond donors (Lipinski definition) is 2. The van der Waals surface area contributed by atoms with Crippen molar-refractivity contribution in [3.63, 3.8) is 0 Å². The zero-order chi connectivity index (χ0) is 17.1. The van der Waals surface area contributed by atoms with Crippen molar-refractivity contribution in [2.75, 3.05) is 31.1 Å². The Balaban J connectivity index is 2.01. The van der Waals surface area contributed by atoms with Gasteiger partial charge in [-0.3, -0.25) is 9.69 Å². The number of nitrogens with two attached hydrogens (primary N) is 1. The van der Waals surface area contributed by atoms with Gasteiger partial charge in [0.25, 0.3) is 5.91 Å². The summed E-state index contributed by atoms with van der Waals surface area (Å²) < 4.78 is 22.9. The molecule has 128 valence electrons. The maximum atomic E-state index is 12.3. The van der Waals surface area contributed by atoms with Crippen LogP contribution < -0.4 is 11.1 Å². The summed E-state index contributed by atoms with van der Waals surface area (Å²) in [5.74, 6) is 0.263. The first kappa shape index (κ1) is 17.9. The minimum absolute atomic E-state index is 0.150. The predicted molar refractivity (Wildman–Crippen MR) is 91.0 cm³/mol. The van der Waals surface area contributed by atoms with Crippen molar-refractivity contribution in [1.82, 2.24) is 10.2 Å². The van der Waals surface area contributed by atoms with Gasteiger partial charge in [0.1, 0.15) is 0 Å². The third-order valence-corrected chi connectivity index (χ3v) is 5.60. The summed E-state index contributed by atoms with van der Waals surface area (Å²) >= 11 is 0. The van der Waals surface area contributed by atoms with Crippen LogP contribution >= 0.6 is 0 Å². The molecule has 2 rings (SSSR count). The minimum Gasteiger partial charge on any atom is -0.346 e. The number of sulfone groups is 1. The van der Waals surface area contributed by atoms with Gasteiger partial charge in [0, 0.05) is 37.3 Å². The van der Waals surface area contributed by atoms with Gasteiger partial charge in [0.2, 0.25) is 0 Å². The standard InChI is InChI=1S/C16H25N3O3S/c1-16(2,12-17)18-15(20)14-5-3-4-13(10-14)11-19-6-8-23(21,22)9-7-19/h3-5,10H,6-9,11-12,17H2,1-2H3,(H,18,20). The van der Waals surface area contributed by atoms with Gasteiger partial charge < -0.3 is 11.1 Å². The summed E-state index contributed by atoms with van der Waals surface area (Å²) in [6.07, 6.45) is 0. The Labute approximate surface area is 138 Å². The highest BCUT2D eigenvalue weighted by molar-refractivity contribution is 7.91. The van der Waals surface area contributed by atoms with Crippen molar-refractivity contribution >= 4 is 15.7 Å². The Morgan fingerprint density at radius 3 is 2.57 bits per heavy atom. The quantitative estimate of drug-likeness (QED) is 0.809. The molecule has 1 aliphatic rings. The third kappa shape index (κ3) is 5.30. The molecule has 0 unspecified atom stereocenters. The average molecular weight is 339 g/mol. The number of nitrogens with zero attached hydrogens (tertiary/aromatic N) is 1. The van der Waals surface area contributed by atoms with Gasteiger partial charge in [-0.25, -0.2) is 8.42 Å². The second-order valence-electron chi connectivity index (χ2n) is 6.67. The van der Waals surface area contributed by atoms with Crippen molar-refractivity contribution in [1.29, 1.82) is 0 Å². The number of rotatable bonds is 5. The van der Waals surface area contributed by atoms with Crippen LogP contribution in [0.2, 0.25) is 0 Å². The van der Waals surface area contributed by atoms with Gasteiger partial charge in [-0.1, -0.05) is 12.1 Å². The SMILES string of the molecule is CC(C)(CN)NC(=O)c1cccc(CN2CCS(=O)(=O)CC2)c1. The summed E-state index contributed by atoms with van der Waals surface area (Å²) in [7, 11) is -2.87. The van der Waals surface area contributed by atoms with Crippen LogP contribution in [0.3, 0.4) is 0 Å². The van der Waals surface area contributed by atoms with E-state index in [1.807, 2.05) is 32.0 Å². The van der Waals surface area contributed by atoms with Gasteiger partial charge in [-0.2, -0.15) is 0 Å². The molecular weight excluding hydrogens is 314 g/mol. The van der Waals surface area contributed by atoms with E-state index < -0.39 is 15.4 Å². The highest BCUT2D eigenvalue weighted by atomic mass is 32.2. The van der Waals surface area contributed by atoms with E-state index in [9.17, 15) is 13.2 Å². The van der Waals surface area contributed by atoms with Crippen LogP contribution in [-0.4, -0.2) is 55.9 Å². The normalized spacial score (nSPS) is 18.6. The van der Waals surface area contributed by atoms with Crippen LogP contribution in [0.1, 0.15) is 29.8 Å². The van der Waals surface area contributed by atoms with Crippen LogP contribution in [0, 0.1) is 0 Å². The lowest BCUT2D eigenvalue weighted by atomic mass is 10.0. The molecule has 1 aliphatic heterocycles. The van der Waals surface area contributed by atoms with E-state index in [2.05, 4.69) is 10.2 Å². The molecule has 6 nitrogen and oxygen atoms in total. The molecule has 0 radical (unpaired) electrons. The molecule has 1 saturated heterocycles. The lowest BCUT2D eigenvalue weighted by Crippen LogP contribution is -2.48. The Kier molecular flexibility index (Phi) is 5.44. The third-order valence-electron chi connectivity index (χ3n) is 3.99. The fourth-order valence-electron chi connectivity index (χ4n) is 2.41. The first-order valence-corrected chi connectivity index (χ1v) is 9.57. The van der Waals surface area contributed by atoms with Gasteiger partial charge in [-0.05, 0) is 31.5 Å². The van der Waals surface area contributed by atoms with Crippen molar-refractivity contribution in [3.05, 3.63) is 35.4 Å². The molecule has 0 saturated carbocycles. The molecule has 0 aliphatic carbocycles. The van der Waals surface area contributed by atoms with Crippen LogP contribution in [0.25, 0.3) is 0 Å². The van der Waals surface area contributed by atoms with Crippen molar-refractivity contribution in [3.8, 4) is 0 Å². The van der Waals surface area contributed by atoms with Crippen LogP contribution in [0.15, 0.2) is 24.3 Å². The van der Waals surface area contributed by atoms with E-state index in [1.165, 1.54) is 0 Å². The fraction of sp³-hybridized carbons (Fsp3) is 0.562. The van der Waals surface area contributed by atoms with Gasteiger partial charge in [0.05, 0.1) is 11.5 Å². The fourth-order valence-corrected chi connectivity index (χ4v) is 3.68. The number of amides is 1. The Morgan fingerprint density at radius 2 is 1.96 bits per heavy atom. The first-order chi connectivity index (χ1) is 10.7. The van der Waals surface area contributed by atoms with Crippen molar-refractivity contribution in [2.24, 2.45) is 5.73 Å². The van der Waals surface area contributed by atoms with E-state index in [0.29, 0.717) is 31.7 Å². The minimum atomic E-state index is -2.87. The molecule has 0 atom stereocenters. The summed E-state index contributed by atoms with van der Waals surface area (Å²) in [6.45, 7) is 5.85. The maximum absolute atomic E-state index is 12.3. The summed E-state index contributed by atoms with van der Waals surface area (Å²) in [4.78, 5) is 14.4. The van der Waals surface area contributed by atoms with E-state index in [4.69, 9.17) is 5.73 Å². The summed E-state index contributed by atoms with van der Waals surface area (Å²) in [5.41, 5.74) is 6.78. The van der Waals surface area contributed by atoms with Crippen molar-refractivity contribution in [2.45, 2.75) is 25.9 Å². The van der Waals surface area contributed by atoms with Crippen LogP contribution in [0.5, 0.6) is 0 Å². The monoisotopic (exact) mass is 339 g/mol. The largest absolute Gasteiger partial charge is 0.346 e. The molecule has 1 aromatic carbocycles. The maximum Gasteiger partial charge on any atom is 0.251 e. The lowest BCUT2D eigenvalue weighted by Gasteiger charge is -2.27. The second-order valence-corrected chi connectivity index (χ2v) is 8.97. The second kappa shape index (κ2) is 6.98. The predicted octanol–water partition coefficient (Wildman–Crippen LogP) is 0.384. The molecule has 0 spiro atoms. The molecule has 23 heavy (non-hydrogen) atoms. The van der Waals surface area contributed by atoms with E-state index >= 15 is 0 Å². The summed E-state index contributed by atoms with van der Waals surface area (Å²) in [6, 6.07) is 7.42.